The summed E-state index contributed by atoms with van der Waals surface area (Å²) in [6.07, 6.45) is 5.00. The molecule has 6 nitrogen and oxygen atoms in total. The number of likely N-dealkylation sites (tertiary alicyclic amines) is 1. The highest BCUT2D eigenvalue weighted by Gasteiger charge is 2.43. The number of carbonyl (C=O) groups excluding carboxylic acids is 1. The zero-order chi connectivity index (χ0) is 17.4. The van der Waals surface area contributed by atoms with Crippen LogP contribution in [0.1, 0.15) is 24.4 Å². The van der Waals surface area contributed by atoms with Crippen LogP contribution < -0.4 is 5.32 Å². The Balaban J connectivity index is 1.42. The number of amides is 2. The largest absolute Gasteiger partial charge is 0.391 e. The molecule has 1 aliphatic heterocycles. The summed E-state index contributed by atoms with van der Waals surface area (Å²) in [5.41, 5.74) is 1.91. The molecule has 0 bridgehead atoms. The van der Waals surface area contributed by atoms with Crippen LogP contribution in [0, 0.1) is 18.8 Å². The van der Waals surface area contributed by atoms with E-state index in [9.17, 15) is 9.90 Å². The molecule has 1 aromatic carbocycles. The Bertz CT molecular complexity index is 745. The predicted molar refractivity (Wildman–Crippen MR) is 95.3 cm³/mol. The maximum atomic E-state index is 12.5. The summed E-state index contributed by atoms with van der Waals surface area (Å²) in [5, 5.41) is 17.9. The highest BCUT2D eigenvalue weighted by molar-refractivity contribution is 5.89. The molecule has 0 radical (unpaired) electrons. The number of hydrogen-bond donors (Lipinski definition) is 2. The van der Waals surface area contributed by atoms with E-state index in [1.165, 1.54) is 0 Å². The van der Waals surface area contributed by atoms with Gasteiger partial charge in [-0.15, -0.1) is 0 Å². The van der Waals surface area contributed by atoms with Gasteiger partial charge in [-0.2, -0.15) is 5.10 Å². The number of aliphatic hydroxyl groups excluding tert-OH is 1. The number of hydrogen-bond acceptors (Lipinski definition) is 3. The molecule has 4 atom stereocenters. The van der Waals surface area contributed by atoms with Crippen LogP contribution in [0.3, 0.4) is 0 Å². The van der Waals surface area contributed by atoms with Gasteiger partial charge in [0.1, 0.15) is 0 Å². The number of fused-ring (bicyclic) bond motifs is 1. The second-order valence-electron chi connectivity index (χ2n) is 7.33. The molecular weight excluding hydrogens is 316 g/mol. The summed E-state index contributed by atoms with van der Waals surface area (Å²) in [5.74, 6) is 0.781. The van der Waals surface area contributed by atoms with E-state index in [-0.39, 0.29) is 12.1 Å². The lowest BCUT2D eigenvalue weighted by Crippen LogP contribution is -2.36. The van der Waals surface area contributed by atoms with Crippen molar-refractivity contribution in [1.82, 2.24) is 14.7 Å². The van der Waals surface area contributed by atoms with Gasteiger partial charge < -0.3 is 15.3 Å². The van der Waals surface area contributed by atoms with E-state index in [0.29, 0.717) is 18.4 Å². The molecule has 2 aromatic rings. The molecule has 6 heteroatoms. The molecule has 4 rings (SSSR count). The van der Waals surface area contributed by atoms with E-state index in [2.05, 4.69) is 10.4 Å². The van der Waals surface area contributed by atoms with Crippen LogP contribution in [0.25, 0.3) is 0 Å². The van der Waals surface area contributed by atoms with Crippen molar-refractivity contribution in [2.24, 2.45) is 11.8 Å². The molecule has 2 fully saturated rings. The molecule has 132 valence electrons. The van der Waals surface area contributed by atoms with Gasteiger partial charge in [-0.1, -0.05) is 18.2 Å². The van der Waals surface area contributed by atoms with Crippen molar-refractivity contribution < 1.29 is 9.90 Å². The Hall–Kier alpha value is -2.34. The molecule has 1 saturated heterocycles. The summed E-state index contributed by atoms with van der Waals surface area (Å²) in [6.45, 7) is 3.46. The summed E-state index contributed by atoms with van der Waals surface area (Å²) in [4.78, 5) is 14.4. The summed E-state index contributed by atoms with van der Waals surface area (Å²) >= 11 is 0. The van der Waals surface area contributed by atoms with Crippen LogP contribution in [0.15, 0.2) is 42.7 Å². The first-order valence-electron chi connectivity index (χ1n) is 8.90. The lowest BCUT2D eigenvalue weighted by atomic mass is 9.77. The van der Waals surface area contributed by atoms with Crippen LogP contribution >= 0.6 is 0 Å². The minimum atomic E-state index is -0.405. The standard InChI is InChI=1S/C19H24N4O2/c1-13-9-20-23(10-13)17-7-14-11-22(12-15(14)8-18(17)24)19(25)21-16-5-3-2-4-6-16/h2-6,9-10,14-15,17-18,24H,7-8,11-12H2,1H3,(H,21,25)/t14-,15+,17-,18-/m0/s1. The number of urea groups is 1. The number of para-hydroxylation sites is 1. The Morgan fingerprint density at radius 3 is 2.60 bits per heavy atom. The number of aromatic nitrogens is 2. The van der Waals surface area contributed by atoms with Crippen LogP contribution in [-0.2, 0) is 0 Å². The number of rotatable bonds is 2. The molecule has 1 aliphatic carbocycles. The molecule has 25 heavy (non-hydrogen) atoms. The minimum Gasteiger partial charge on any atom is -0.391 e. The van der Waals surface area contributed by atoms with Crippen LogP contribution in [0.4, 0.5) is 10.5 Å². The van der Waals surface area contributed by atoms with Crippen LogP contribution in [0.5, 0.6) is 0 Å². The van der Waals surface area contributed by atoms with Gasteiger partial charge in [-0.3, -0.25) is 4.68 Å². The summed E-state index contributed by atoms with van der Waals surface area (Å²) in [6, 6.07) is 9.48. The molecule has 2 amide bonds. The van der Waals surface area contributed by atoms with Gasteiger partial charge >= 0.3 is 6.03 Å². The smallest absolute Gasteiger partial charge is 0.321 e. The fourth-order valence-corrected chi connectivity index (χ4v) is 4.20. The maximum absolute atomic E-state index is 12.5. The number of anilines is 1. The second-order valence-corrected chi connectivity index (χ2v) is 7.33. The first-order valence-corrected chi connectivity index (χ1v) is 8.90. The fraction of sp³-hybridized carbons (Fsp3) is 0.474. The normalized spacial score (nSPS) is 28.6. The number of aliphatic hydroxyl groups is 1. The molecule has 2 N–H and O–H groups in total. The highest BCUT2D eigenvalue weighted by Crippen LogP contribution is 2.41. The molecule has 2 aliphatic rings. The minimum absolute atomic E-state index is 0.00656. The lowest BCUT2D eigenvalue weighted by Gasteiger charge is -2.35. The third-order valence-corrected chi connectivity index (χ3v) is 5.49. The fourth-order valence-electron chi connectivity index (χ4n) is 4.20. The van der Waals surface area contributed by atoms with Crippen LogP contribution in [0.2, 0.25) is 0 Å². The first-order chi connectivity index (χ1) is 12.1. The SMILES string of the molecule is Cc1cnn([C@H]2C[C@H]3CN(C(=O)Nc4ccccc4)C[C@H]3C[C@@H]2O)c1. The van der Waals surface area contributed by atoms with Gasteiger partial charge in [0.05, 0.1) is 18.3 Å². The van der Waals surface area contributed by atoms with Crippen molar-refractivity contribution in [2.75, 3.05) is 18.4 Å². The van der Waals surface area contributed by atoms with E-state index in [1.54, 1.807) is 0 Å². The van der Waals surface area contributed by atoms with E-state index in [4.69, 9.17) is 0 Å². The van der Waals surface area contributed by atoms with Crippen molar-refractivity contribution in [2.45, 2.75) is 31.9 Å². The van der Waals surface area contributed by atoms with Gasteiger partial charge in [0.15, 0.2) is 0 Å². The number of nitrogens with zero attached hydrogens (tertiary/aromatic N) is 3. The Morgan fingerprint density at radius 1 is 1.20 bits per heavy atom. The monoisotopic (exact) mass is 340 g/mol. The molecule has 1 aromatic heterocycles. The topological polar surface area (TPSA) is 70.4 Å². The van der Waals surface area contributed by atoms with Crippen molar-refractivity contribution in [3.8, 4) is 0 Å². The average Bonchev–Trinajstić information content (AvgIpc) is 3.20. The Labute approximate surface area is 147 Å². The van der Waals surface area contributed by atoms with Gasteiger partial charge in [0.25, 0.3) is 0 Å². The number of nitrogens with one attached hydrogen (secondary N) is 1. The molecule has 1 saturated carbocycles. The zero-order valence-electron chi connectivity index (χ0n) is 14.4. The Kier molecular flexibility index (Phi) is 4.21. The van der Waals surface area contributed by atoms with Crippen molar-refractivity contribution in [3.05, 3.63) is 48.3 Å². The molecule has 0 unspecified atom stereocenters. The maximum Gasteiger partial charge on any atom is 0.321 e. The number of aryl methyl sites for hydroxylation is 1. The first kappa shape index (κ1) is 16.1. The van der Waals surface area contributed by atoms with E-state index in [1.807, 2.05) is 59.2 Å². The molecule has 2 heterocycles. The second kappa shape index (κ2) is 6.52. The lowest BCUT2D eigenvalue weighted by molar-refractivity contribution is 0.0306. The quantitative estimate of drug-likeness (QED) is 0.883. The molecular formula is C19H24N4O2. The Morgan fingerprint density at radius 2 is 1.92 bits per heavy atom. The summed E-state index contributed by atoms with van der Waals surface area (Å²) in [7, 11) is 0. The average molecular weight is 340 g/mol. The third kappa shape index (κ3) is 3.26. The van der Waals surface area contributed by atoms with Crippen molar-refractivity contribution >= 4 is 11.7 Å². The highest BCUT2D eigenvalue weighted by atomic mass is 16.3. The van der Waals surface area contributed by atoms with Crippen molar-refractivity contribution in [3.63, 3.8) is 0 Å². The van der Waals surface area contributed by atoms with Gasteiger partial charge in [0, 0.05) is 25.0 Å². The predicted octanol–water partition coefficient (Wildman–Crippen LogP) is 2.67. The summed E-state index contributed by atoms with van der Waals surface area (Å²) < 4.78 is 1.89. The van der Waals surface area contributed by atoms with Crippen LogP contribution in [-0.4, -0.2) is 45.0 Å². The zero-order valence-corrected chi connectivity index (χ0v) is 14.4. The van der Waals surface area contributed by atoms with E-state index >= 15 is 0 Å². The number of carbonyl (C=O) groups is 1. The van der Waals surface area contributed by atoms with Gasteiger partial charge in [-0.05, 0) is 49.3 Å². The molecule has 0 spiro atoms. The number of benzene rings is 1. The van der Waals surface area contributed by atoms with E-state index < -0.39 is 6.10 Å². The van der Waals surface area contributed by atoms with Gasteiger partial charge in [0.2, 0.25) is 0 Å². The van der Waals surface area contributed by atoms with Crippen molar-refractivity contribution in [1.29, 1.82) is 0 Å². The van der Waals surface area contributed by atoms with E-state index in [0.717, 1.165) is 30.6 Å². The third-order valence-electron chi connectivity index (χ3n) is 5.49. The van der Waals surface area contributed by atoms with Gasteiger partial charge in [-0.25, -0.2) is 4.79 Å².